The van der Waals surface area contributed by atoms with E-state index in [4.69, 9.17) is 0 Å². The monoisotopic (exact) mass is 278 g/mol. The lowest BCUT2D eigenvalue weighted by Crippen LogP contribution is -1.94. The van der Waals surface area contributed by atoms with Gasteiger partial charge in [0.25, 0.3) is 0 Å². The van der Waals surface area contributed by atoms with Crippen molar-refractivity contribution in [2.24, 2.45) is 0 Å². The van der Waals surface area contributed by atoms with Gasteiger partial charge >= 0.3 is 0 Å². The van der Waals surface area contributed by atoms with Crippen LogP contribution >= 0.6 is 15.9 Å². The fourth-order valence-electron chi connectivity index (χ4n) is 2.00. The van der Waals surface area contributed by atoms with Crippen LogP contribution in [0, 0.1) is 12.7 Å². The Labute approximate surface area is 99.8 Å². The van der Waals surface area contributed by atoms with Crippen molar-refractivity contribution >= 4 is 32.5 Å². The predicted molar refractivity (Wildman–Crippen MR) is 65.1 cm³/mol. The highest BCUT2D eigenvalue weighted by Crippen LogP contribution is 2.26. The molecular weight excluding hydrogens is 271 g/mol. The maximum Gasteiger partial charge on any atom is 0.147 e. The van der Waals surface area contributed by atoms with Crippen LogP contribution in [-0.2, 0) is 0 Å². The van der Waals surface area contributed by atoms with E-state index in [-0.39, 0.29) is 5.82 Å². The van der Waals surface area contributed by atoms with Gasteiger partial charge in [0.05, 0.1) is 11.7 Å². The van der Waals surface area contributed by atoms with Gasteiger partial charge in [-0.15, -0.1) is 0 Å². The molecule has 0 radical (unpaired) electrons. The number of halogens is 2. The van der Waals surface area contributed by atoms with Crippen molar-refractivity contribution in [1.29, 1.82) is 0 Å². The lowest BCUT2D eigenvalue weighted by Gasteiger charge is -2.07. The first-order valence-corrected chi connectivity index (χ1v) is 5.68. The van der Waals surface area contributed by atoms with E-state index in [1.54, 1.807) is 16.7 Å². The highest BCUT2D eigenvalue weighted by atomic mass is 79.9. The molecule has 3 rings (SSSR count). The Balaban J connectivity index is 2.71. The van der Waals surface area contributed by atoms with Crippen molar-refractivity contribution in [2.75, 3.05) is 0 Å². The first kappa shape index (κ1) is 9.78. The zero-order chi connectivity index (χ0) is 11.3. The molecule has 0 aliphatic rings. The summed E-state index contributed by atoms with van der Waals surface area (Å²) in [6, 6.07) is 7.06. The van der Waals surface area contributed by atoms with E-state index in [2.05, 4.69) is 20.9 Å². The van der Waals surface area contributed by atoms with Gasteiger partial charge in [-0.25, -0.2) is 9.37 Å². The first-order chi connectivity index (χ1) is 7.68. The summed E-state index contributed by atoms with van der Waals surface area (Å²) in [5.41, 5.74) is 2.35. The maximum absolute atomic E-state index is 13.9. The second-order valence-corrected chi connectivity index (χ2v) is 4.55. The van der Waals surface area contributed by atoms with Crippen LogP contribution in [0.2, 0.25) is 0 Å². The number of aryl methyl sites for hydroxylation is 1. The smallest absolute Gasteiger partial charge is 0.147 e. The summed E-state index contributed by atoms with van der Waals surface area (Å²) in [6.07, 6.45) is 1.68. The quantitative estimate of drug-likeness (QED) is 0.613. The van der Waals surface area contributed by atoms with Gasteiger partial charge in [-0.1, -0.05) is 12.1 Å². The number of hydrogen-bond acceptors (Lipinski definition) is 1. The lowest BCUT2D eigenvalue weighted by atomic mass is 10.1. The largest absolute Gasteiger partial charge is 0.284 e. The van der Waals surface area contributed by atoms with E-state index >= 15 is 0 Å². The topological polar surface area (TPSA) is 17.3 Å². The van der Waals surface area contributed by atoms with Gasteiger partial charge in [0, 0.05) is 5.39 Å². The van der Waals surface area contributed by atoms with E-state index in [1.165, 1.54) is 6.07 Å². The molecule has 0 atom stereocenters. The van der Waals surface area contributed by atoms with Crippen LogP contribution in [0.5, 0.6) is 0 Å². The van der Waals surface area contributed by atoms with Crippen molar-refractivity contribution in [3.8, 4) is 0 Å². The number of rotatable bonds is 0. The van der Waals surface area contributed by atoms with Crippen LogP contribution in [0.25, 0.3) is 16.6 Å². The average Bonchev–Trinajstić information content (AvgIpc) is 2.61. The first-order valence-electron chi connectivity index (χ1n) is 4.89. The number of fused-ring (bicyclic) bond motifs is 3. The van der Waals surface area contributed by atoms with Crippen LogP contribution < -0.4 is 0 Å². The van der Waals surface area contributed by atoms with Gasteiger partial charge in [-0.2, -0.15) is 0 Å². The molecule has 2 nitrogen and oxygen atoms in total. The zero-order valence-electron chi connectivity index (χ0n) is 8.54. The third-order valence-corrected chi connectivity index (χ3v) is 3.29. The Morgan fingerprint density at radius 3 is 3.00 bits per heavy atom. The van der Waals surface area contributed by atoms with Crippen LogP contribution in [0.15, 0.2) is 35.1 Å². The second-order valence-electron chi connectivity index (χ2n) is 3.74. The molecule has 4 heteroatoms. The maximum atomic E-state index is 13.9. The Bertz CT molecular complexity index is 703. The predicted octanol–water partition coefficient (Wildman–Crippen LogP) is 3.70. The Morgan fingerprint density at radius 1 is 1.38 bits per heavy atom. The number of pyridine rings is 1. The molecule has 0 fully saturated rings. The van der Waals surface area contributed by atoms with Crippen LogP contribution in [0.3, 0.4) is 0 Å². The zero-order valence-corrected chi connectivity index (χ0v) is 10.1. The molecule has 0 N–H and O–H groups in total. The van der Waals surface area contributed by atoms with Crippen LogP contribution in [-0.4, -0.2) is 9.38 Å². The number of aromatic nitrogens is 2. The fraction of sp³-hybridized carbons (Fsp3) is 0.0833. The fourth-order valence-corrected chi connectivity index (χ4v) is 2.46. The summed E-state index contributed by atoms with van der Waals surface area (Å²) < 4.78 is 16.4. The molecule has 0 saturated carbocycles. The van der Waals surface area contributed by atoms with Gasteiger partial charge in [0.2, 0.25) is 0 Å². The van der Waals surface area contributed by atoms with Gasteiger partial charge in [-0.05, 0) is 40.5 Å². The highest BCUT2D eigenvalue weighted by Gasteiger charge is 2.10. The number of benzene rings is 1. The Kier molecular flexibility index (Phi) is 2.01. The molecular formula is C12H8BrFN2. The molecule has 80 valence electrons. The Morgan fingerprint density at radius 2 is 2.19 bits per heavy atom. The highest BCUT2D eigenvalue weighted by molar-refractivity contribution is 9.10. The molecule has 3 aromatic rings. The average molecular weight is 279 g/mol. The summed E-state index contributed by atoms with van der Waals surface area (Å²) in [7, 11) is 0. The summed E-state index contributed by atoms with van der Waals surface area (Å²) in [4.78, 5) is 4.22. The molecule has 0 aliphatic carbocycles. The lowest BCUT2D eigenvalue weighted by molar-refractivity contribution is 0.635. The minimum atomic E-state index is -0.232. The van der Waals surface area contributed by atoms with Crippen molar-refractivity contribution < 1.29 is 4.39 Å². The standard InChI is InChI=1S/C12H8BrFN2/c1-7-5-11-15-6-10(13)16(11)12-8(7)3-2-4-9(12)14/h2-6H,1H3. The van der Waals surface area contributed by atoms with Gasteiger partial charge in [0.15, 0.2) is 0 Å². The third-order valence-electron chi connectivity index (χ3n) is 2.73. The van der Waals surface area contributed by atoms with E-state index in [0.717, 1.165) is 21.2 Å². The van der Waals surface area contributed by atoms with Crippen molar-refractivity contribution in [3.05, 3.63) is 46.4 Å². The second kappa shape index (κ2) is 3.28. The van der Waals surface area contributed by atoms with E-state index < -0.39 is 0 Å². The Hall–Kier alpha value is -1.42. The van der Waals surface area contributed by atoms with Crippen LogP contribution in [0.4, 0.5) is 4.39 Å². The minimum absolute atomic E-state index is 0.232. The van der Waals surface area contributed by atoms with E-state index in [0.29, 0.717) is 5.52 Å². The van der Waals surface area contributed by atoms with Gasteiger partial charge in [0.1, 0.15) is 16.1 Å². The van der Waals surface area contributed by atoms with Crippen molar-refractivity contribution in [3.63, 3.8) is 0 Å². The molecule has 0 spiro atoms. The van der Waals surface area contributed by atoms with Gasteiger partial charge in [-0.3, -0.25) is 4.40 Å². The number of hydrogen-bond donors (Lipinski definition) is 0. The number of imidazole rings is 1. The summed E-state index contributed by atoms with van der Waals surface area (Å²) >= 11 is 3.38. The summed E-state index contributed by atoms with van der Waals surface area (Å²) in [5.74, 6) is -0.232. The molecule has 0 aliphatic heterocycles. The molecule has 0 unspecified atom stereocenters. The number of nitrogens with zero attached hydrogens (tertiary/aromatic N) is 2. The van der Waals surface area contributed by atoms with Crippen LogP contribution in [0.1, 0.15) is 5.56 Å². The normalized spacial score (nSPS) is 11.4. The summed E-state index contributed by atoms with van der Waals surface area (Å²) in [5, 5.41) is 0.909. The molecule has 0 saturated heterocycles. The molecule has 2 heterocycles. The molecule has 16 heavy (non-hydrogen) atoms. The summed E-state index contributed by atoms with van der Waals surface area (Å²) in [6.45, 7) is 1.96. The molecule has 1 aromatic carbocycles. The van der Waals surface area contributed by atoms with E-state index in [9.17, 15) is 4.39 Å². The molecule has 2 aromatic heterocycles. The van der Waals surface area contributed by atoms with Crippen molar-refractivity contribution in [1.82, 2.24) is 9.38 Å². The minimum Gasteiger partial charge on any atom is -0.284 e. The van der Waals surface area contributed by atoms with Crippen molar-refractivity contribution in [2.45, 2.75) is 6.92 Å². The SMILES string of the molecule is Cc1cc2ncc(Br)n2c2c(F)cccc12. The number of para-hydroxylation sites is 1. The molecule has 0 amide bonds. The van der Waals surface area contributed by atoms with Gasteiger partial charge < -0.3 is 0 Å². The molecule has 0 bridgehead atoms. The third kappa shape index (κ3) is 1.19. The van der Waals surface area contributed by atoms with E-state index in [1.807, 2.05) is 19.1 Å².